The van der Waals surface area contributed by atoms with E-state index in [1.807, 2.05) is 6.92 Å². The van der Waals surface area contributed by atoms with Crippen LogP contribution in [-0.4, -0.2) is 9.91 Å². The molecule has 0 aromatic carbocycles. The molecule has 1 N–H and O–H groups in total. The Morgan fingerprint density at radius 2 is 2.33 bits per heavy atom. The molecule has 0 atom stereocenters. The van der Waals surface area contributed by atoms with Gasteiger partial charge in [0.05, 0.1) is 16.7 Å². The molecule has 0 aliphatic carbocycles. The lowest BCUT2D eigenvalue weighted by atomic mass is 10.0. The van der Waals surface area contributed by atoms with Crippen molar-refractivity contribution >= 4 is 5.69 Å². The third kappa shape index (κ3) is 2.02. The van der Waals surface area contributed by atoms with Crippen molar-refractivity contribution in [2.75, 3.05) is 0 Å². The summed E-state index contributed by atoms with van der Waals surface area (Å²) in [5, 5.41) is 19.4. The summed E-state index contributed by atoms with van der Waals surface area (Å²) >= 11 is 0. The highest BCUT2D eigenvalue weighted by Gasteiger charge is 2.19. The molecule has 1 aromatic heterocycles. The van der Waals surface area contributed by atoms with E-state index in [9.17, 15) is 14.9 Å². The van der Waals surface area contributed by atoms with E-state index < -0.39 is 10.5 Å². The Kier molecular flexibility index (Phi) is 3.18. The molecule has 0 unspecified atom stereocenters. The van der Waals surface area contributed by atoms with Crippen LogP contribution in [0.4, 0.5) is 5.69 Å². The summed E-state index contributed by atoms with van der Waals surface area (Å²) in [5.41, 5.74) is -0.723. The molecule has 6 nitrogen and oxygen atoms in total. The second kappa shape index (κ2) is 4.37. The van der Waals surface area contributed by atoms with Crippen LogP contribution >= 0.6 is 0 Å². The summed E-state index contributed by atoms with van der Waals surface area (Å²) in [5.74, 6) is 0. The third-order valence-corrected chi connectivity index (χ3v) is 1.99. The van der Waals surface area contributed by atoms with E-state index in [0.717, 1.165) is 6.20 Å². The van der Waals surface area contributed by atoms with E-state index in [-0.39, 0.29) is 16.8 Å². The second-order valence-corrected chi connectivity index (χ2v) is 2.98. The van der Waals surface area contributed by atoms with E-state index in [4.69, 9.17) is 5.26 Å². The van der Waals surface area contributed by atoms with E-state index in [1.54, 1.807) is 6.07 Å². The molecule has 0 spiro atoms. The minimum absolute atomic E-state index is 0.161. The first-order valence-electron chi connectivity index (χ1n) is 4.40. The predicted octanol–water partition coefficient (Wildman–Crippen LogP) is 1.11. The van der Waals surface area contributed by atoms with Gasteiger partial charge < -0.3 is 4.98 Å². The van der Waals surface area contributed by atoms with Gasteiger partial charge >= 0.3 is 0 Å². The number of nitro groups is 1. The Labute approximate surface area is 85.3 Å². The fourth-order valence-electron chi connectivity index (χ4n) is 1.34. The lowest BCUT2D eigenvalue weighted by Crippen LogP contribution is -2.14. The average Bonchev–Trinajstić information content (AvgIpc) is 2.18. The number of pyridine rings is 1. The van der Waals surface area contributed by atoms with Crippen LogP contribution in [-0.2, 0) is 6.42 Å². The number of rotatable bonds is 3. The van der Waals surface area contributed by atoms with Crippen molar-refractivity contribution in [3.05, 3.63) is 37.8 Å². The predicted molar refractivity (Wildman–Crippen MR) is 52.4 cm³/mol. The van der Waals surface area contributed by atoms with E-state index >= 15 is 0 Å². The van der Waals surface area contributed by atoms with Crippen LogP contribution in [0.15, 0.2) is 11.0 Å². The Balaban J connectivity index is 3.50. The average molecular weight is 207 g/mol. The van der Waals surface area contributed by atoms with Crippen LogP contribution in [0.3, 0.4) is 0 Å². The summed E-state index contributed by atoms with van der Waals surface area (Å²) in [4.78, 5) is 23.5. The first kappa shape index (κ1) is 10.9. The molecule has 0 radical (unpaired) electrons. The SMILES string of the molecule is CCCc1c([N+](=O)[O-])c[nH]c(=O)c1C#N. The summed E-state index contributed by atoms with van der Waals surface area (Å²) in [6.07, 6.45) is 2.02. The normalized spacial score (nSPS) is 9.60. The first-order chi connectivity index (χ1) is 7.11. The van der Waals surface area contributed by atoms with Crippen LogP contribution in [0.1, 0.15) is 24.5 Å². The van der Waals surface area contributed by atoms with Crippen LogP contribution in [0.5, 0.6) is 0 Å². The monoisotopic (exact) mass is 207 g/mol. The second-order valence-electron chi connectivity index (χ2n) is 2.98. The number of nitrogens with zero attached hydrogens (tertiary/aromatic N) is 2. The number of aromatic amines is 1. The molecule has 0 aliphatic rings. The van der Waals surface area contributed by atoms with E-state index in [0.29, 0.717) is 12.8 Å². The Hall–Kier alpha value is -2.16. The zero-order valence-electron chi connectivity index (χ0n) is 8.11. The van der Waals surface area contributed by atoms with Crippen LogP contribution in [0, 0.1) is 21.4 Å². The summed E-state index contributed by atoms with van der Waals surface area (Å²) in [6, 6.07) is 1.70. The van der Waals surface area contributed by atoms with Crippen LogP contribution in [0.2, 0.25) is 0 Å². The van der Waals surface area contributed by atoms with Gasteiger partial charge in [-0.05, 0) is 6.42 Å². The molecule has 0 saturated heterocycles. The number of nitrogens with one attached hydrogen (secondary N) is 1. The Morgan fingerprint density at radius 1 is 1.67 bits per heavy atom. The highest BCUT2D eigenvalue weighted by atomic mass is 16.6. The van der Waals surface area contributed by atoms with Crippen molar-refractivity contribution in [2.45, 2.75) is 19.8 Å². The van der Waals surface area contributed by atoms with Crippen molar-refractivity contribution in [2.24, 2.45) is 0 Å². The molecule has 1 aromatic rings. The third-order valence-electron chi connectivity index (χ3n) is 1.99. The van der Waals surface area contributed by atoms with Crippen molar-refractivity contribution in [3.63, 3.8) is 0 Å². The number of hydrogen-bond acceptors (Lipinski definition) is 4. The summed E-state index contributed by atoms with van der Waals surface area (Å²) in [6.45, 7) is 1.83. The number of nitriles is 1. The van der Waals surface area contributed by atoms with E-state index in [1.165, 1.54) is 0 Å². The topological polar surface area (TPSA) is 99.8 Å². The van der Waals surface area contributed by atoms with Gasteiger partial charge in [-0.25, -0.2) is 0 Å². The maximum Gasteiger partial charge on any atom is 0.290 e. The van der Waals surface area contributed by atoms with Gasteiger partial charge in [-0.3, -0.25) is 14.9 Å². The lowest BCUT2D eigenvalue weighted by molar-refractivity contribution is -0.385. The molecule has 15 heavy (non-hydrogen) atoms. The molecule has 0 amide bonds. The van der Waals surface area contributed by atoms with Gasteiger partial charge in [0.1, 0.15) is 11.6 Å². The molecule has 0 bridgehead atoms. The highest BCUT2D eigenvalue weighted by molar-refractivity contribution is 5.48. The summed E-state index contributed by atoms with van der Waals surface area (Å²) in [7, 11) is 0. The van der Waals surface area contributed by atoms with Crippen LogP contribution in [0.25, 0.3) is 0 Å². The molecule has 0 saturated carbocycles. The van der Waals surface area contributed by atoms with Crippen molar-refractivity contribution in [1.29, 1.82) is 5.26 Å². The first-order valence-corrected chi connectivity index (χ1v) is 4.40. The highest BCUT2D eigenvalue weighted by Crippen LogP contribution is 2.19. The maximum absolute atomic E-state index is 11.2. The van der Waals surface area contributed by atoms with Gasteiger partial charge in [0.25, 0.3) is 11.2 Å². The number of aromatic nitrogens is 1. The van der Waals surface area contributed by atoms with Gasteiger partial charge in [0.15, 0.2) is 0 Å². The molecular formula is C9H9N3O3. The molecule has 1 heterocycles. The maximum atomic E-state index is 11.2. The van der Waals surface area contributed by atoms with Gasteiger partial charge in [-0.2, -0.15) is 5.26 Å². The quantitative estimate of drug-likeness (QED) is 0.592. The molecule has 6 heteroatoms. The number of hydrogen-bond donors (Lipinski definition) is 1. The standard InChI is InChI=1S/C9H9N3O3/c1-2-3-6-7(4-10)9(13)11-5-8(6)12(14)15/h5H,2-3H2,1H3,(H,11,13). The zero-order valence-corrected chi connectivity index (χ0v) is 8.11. The number of H-pyrrole nitrogens is 1. The molecule has 0 fully saturated rings. The van der Waals surface area contributed by atoms with Gasteiger partial charge in [0, 0.05) is 0 Å². The largest absolute Gasteiger partial charge is 0.322 e. The summed E-state index contributed by atoms with van der Waals surface area (Å²) < 4.78 is 0. The Morgan fingerprint density at radius 3 is 2.80 bits per heavy atom. The molecular weight excluding hydrogens is 198 g/mol. The minimum Gasteiger partial charge on any atom is -0.322 e. The fraction of sp³-hybridized carbons (Fsp3) is 0.333. The van der Waals surface area contributed by atoms with E-state index in [2.05, 4.69) is 4.98 Å². The van der Waals surface area contributed by atoms with Crippen molar-refractivity contribution < 1.29 is 4.92 Å². The smallest absolute Gasteiger partial charge is 0.290 e. The lowest BCUT2D eigenvalue weighted by Gasteiger charge is -2.01. The Bertz CT molecular complexity index is 484. The minimum atomic E-state index is -0.595. The fourth-order valence-corrected chi connectivity index (χ4v) is 1.34. The molecule has 1 rings (SSSR count). The van der Waals surface area contributed by atoms with Gasteiger partial charge in [-0.1, -0.05) is 13.3 Å². The van der Waals surface area contributed by atoms with Gasteiger partial charge in [0.2, 0.25) is 0 Å². The van der Waals surface area contributed by atoms with Crippen LogP contribution < -0.4 is 5.56 Å². The van der Waals surface area contributed by atoms with Gasteiger partial charge in [-0.15, -0.1) is 0 Å². The zero-order chi connectivity index (χ0) is 11.4. The molecule has 0 aliphatic heterocycles. The molecule has 78 valence electrons. The van der Waals surface area contributed by atoms with Crippen molar-refractivity contribution in [1.82, 2.24) is 4.98 Å². The van der Waals surface area contributed by atoms with Crippen molar-refractivity contribution in [3.8, 4) is 6.07 Å².